The van der Waals surface area contributed by atoms with Crippen LogP contribution in [0.5, 0.6) is 0 Å². The van der Waals surface area contributed by atoms with Gasteiger partial charge in [-0.15, -0.1) is 0 Å². The van der Waals surface area contributed by atoms with E-state index in [9.17, 15) is 0 Å². The minimum absolute atomic E-state index is 0.423. The first-order valence-electron chi connectivity index (χ1n) is 5.98. The van der Waals surface area contributed by atoms with E-state index in [4.69, 9.17) is 0 Å². The van der Waals surface area contributed by atoms with Gasteiger partial charge in [0.25, 0.3) is 0 Å². The number of hydrogen-bond donors (Lipinski definition) is 0. The van der Waals surface area contributed by atoms with E-state index < -0.39 is 0 Å². The van der Waals surface area contributed by atoms with Crippen LogP contribution in [0.1, 0.15) is 33.6 Å². The molecule has 0 aromatic heterocycles. The Morgan fingerprint density at radius 1 is 1.36 bits per heavy atom. The zero-order valence-electron chi connectivity index (χ0n) is 9.88. The average Bonchev–Trinajstić information content (AvgIpc) is 2.77. The Bertz CT molecular complexity index is 273. The number of nitrogens with zero attached hydrogens (tertiary/aromatic N) is 2. The summed E-state index contributed by atoms with van der Waals surface area (Å²) in [5, 5.41) is 0. The van der Waals surface area contributed by atoms with Crippen LogP contribution in [0.15, 0.2) is 0 Å². The molecule has 1 spiro atoms. The first-order valence-corrected chi connectivity index (χ1v) is 5.98. The Morgan fingerprint density at radius 3 is 2.57 bits per heavy atom. The Hall–Kier alpha value is -0.0800. The molecule has 1 aliphatic carbocycles. The standard InChI is InChI=1S/C12H22N2/c1-5-11(2,3)14-7-10-12(6-9(12)14)8-13(10)4/h9-10H,5-8H2,1-4H3/t9-,10+,12?/m0/s1. The molecule has 0 bridgehead atoms. The minimum Gasteiger partial charge on any atom is -0.301 e. The molecule has 2 heteroatoms. The summed E-state index contributed by atoms with van der Waals surface area (Å²) in [6.45, 7) is 9.81. The van der Waals surface area contributed by atoms with E-state index in [-0.39, 0.29) is 0 Å². The maximum atomic E-state index is 2.78. The topological polar surface area (TPSA) is 6.48 Å². The highest BCUT2D eigenvalue weighted by atomic mass is 15.4. The van der Waals surface area contributed by atoms with Gasteiger partial charge < -0.3 is 4.90 Å². The summed E-state index contributed by atoms with van der Waals surface area (Å²) in [5.74, 6) is 0. The van der Waals surface area contributed by atoms with Gasteiger partial charge in [-0.1, -0.05) is 6.92 Å². The monoisotopic (exact) mass is 194 g/mol. The quantitative estimate of drug-likeness (QED) is 0.658. The second kappa shape index (κ2) is 2.35. The minimum atomic E-state index is 0.423. The van der Waals surface area contributed by atoms with Crippen molar-refractivity contribution in [1.82, 2.24) is 9.80 Å². The molecule has 0 N–H and O–H groups in total. The highest BCUT2D eigenvalue weighted by molar-refractivity contribution is 5.28. The van der Waals surface area contributed by atoms with Crippen LogP contribution >= 0.6 is 0 Å². The molecule has 2 aliphatic heterocycles. The second-order valence-corrected chi connectivity index (χ2v) is 6.20. The average molecular weight is 194 g/mol. The number of likely N-dealkylation sites (N-methyl/N-ethyl adjacent to an activating group) is 1. The summed E-state index contributed by atoms with van der Waals surface area (Å²) in [5.41, 5.74) is 1.17. The third-order valence-corrected chi connectivity index (χ3v) is 5.20. The van der Waals surface area contributed by atoms with E-state index in [1.54, 1.807) is 0 Å². The van der Waals surface area contributed by atoms with Crippen LogP contribution in [-0.4, -0.2) is 47.6 Å². The molecule has 3 rings (SSSR count). The van der Waals surface area contributed by atoms with Gasteiger partial charge in [0, 0.05) is 36.1 Å². The molecule has 0 amide bonds. The van der Waals surface area contributed by atoms with Gasteiger partial charge in [0.1, 0.15) is 0 Å². The van der Waals surface area contributed by atoms with Crippen molar-refractivity contribution in [2.24, 2.45) is 5.41 Å². The van der Waals surface area contributed by atoms with Crippen LogP contribution in [0.4, 0.5) is 0 Å². The lowest BCUT2D eigenvalue weighted by molar-refractivity contribution is 0.0358. The zero-order valence-corrected chi connectivity index (χ0v) is 9.88. The van der Waals surface area contributed by atoms with Gasteiger partial charge in [-0.05, 0) is 33.7 Å². The summed E-state index contributed by atoms with van der Waals surface area (Å²) in [6.07, 6.45) is 2.75. The molecule has 80 valence electrons. The Kier molecular flexibility index (Phi) is 1.54. The maximum absolute atomic E-state index is 2.78. The normalized spacial score (nSPS) is 47.1. The molecule has 3 atom stereocenters. The van der Waals surface area contributed by atoms with Crippen molar-refractivity contribution >= 4 is 0 Å². The van der Waals surface area contributed by atoms with E-state index >= 15 is 0 Å². The molecule has 1 unspecified atom stereocenters. The van der Waals surface area contributed by atoms with Crippen LogP contribution in [0.2, 0.25) is 0 Å². The van der Waals surface area contributed by atoms with Gasteiger partial charge in [0.2, 0.25) is 0 Å². The summed E-state index contributed by atoms with van der Waals surface area (Å²) < 4.78 is 0. The van der Waals surface area contributed by atoms with Gasteiger partial charge in [0.15, 0.2) is 0 Å². The maximum Gasteiger partial charge on any atom is 0.0304 e. The van der Waals surface area contributed by atoms with Gasteiger partial charge >= 0.3 is 0 Å². The fourth-order valence-electron chi connectivity index (χ4n) is 3.76. The van der Waals surface area contributed by atoms with Crippen LogP contribution < -0.4 is 0 Å². The van der Waals surface area contributed by atoms with E-state index in [2.05, 4.69) is 37.6 Å². The predicted molar refractivity (Wildman–Crippen MR) is 58.3 cm³/mol. The predicted octanol–water partition coefficient (Wildman–Crippen LogP) is 1.56. The summed E-state index contributed by atoms with van der Waals surface area (Å²) in [6, 6.07) is 1.82. The highest BCUT2D eigenvalue weighted by Gasteiger charge is 2.74. The van der Waals surface area contributed by atoms with Gasteiger partial charge in [-0.25, -0.2) is 0 Å². The zero-order chi connectivity index (χ0) is 10.1. The van der Waals surface area contributed by atoms with Crippen molar-refractivity contribution in [3.8, 4) is 0 Å². The fourth-order valence-corrected chi connectivity index (χ4v) is 3.76. The summed E-state index contributed by atoms with van der Waals surface area (Å²) >= 11 is 0. The van der Waals surface area contributed by atoms with Crippen LogP contribution in [0, 0.1) is 5.41 Å². The third kappa shape index (κ3) is 0.849. The molecule has 3 fully saturated rings. The lowest BCUT2D eigenvalue weighted by atomic mass is 9.87. The van der Waals surface area contributed by atoms with E-state index in [1.165, 1.54) is 25.9 Å². The lowest BCUT2D eigenvalue weighted by Gasteiger charge is -2.45. The third-order valence-electron chi connectivity index (χ3n) is 5.20. The smallest absolute Gasteiger partial charge is 0.0304 e. The first kappa shape index (κ1) is 9.17. The van der Waals surface area contributed by atoms with Crippen LogP contribution in [-0.2, 0) is 0 Å². The van der Waals surface area contributed by atoms with Crippen LogP contribution in [0.25, 0.3) is 0 Å². The van der Waals surface area contributed by atoms with Crippen molar-refractivity contribution in [3.63, 3.8) is 0 Å². The molecule has 2 saturated heterocycles. The van der Waals surface area contributed by atoms with E-state index in [0.29, 0.717) is 5.54 Å². The Labute approximate surface area is 87.3 Å². The molecule has 0 radical (unpaired) electrons. The van der Waals surface area contributed by atoms with E-state index in [0.717, 1.165) is 17.5 Å². The lowest BCUT2D eigenvalue weighted by Crippen LogP contribution is -2.56. The van der Waals surface area contributed by atoms with E-state index in [1.807, 2.05) is 0 Å². The van der Waals surface area contributed by atoms with Crippen molar-refractivity contribution in [1.29, 1.82) is 0 Å². The van der Waals surface area contributed by atoms with Crippen molar-refractivity contribution in [3.05, 3.63) is 0 Å². The van der Waals surface area contributed by atoms with Gasteiger partial charge in [-0.2, -0.15) is 0 Å². The molecular weight excluding hydrogens is 172 g/mol. The number of piperidine rings is 1. The summed E-state index contributed by atoms with van der Waals surface area (Å²) in [7, 11) is 2.29. The van der Waals surface area contributed by atoms with Gasteiger partial charge in [-0.3, -0.25) is 4.90 Å². The SMILES string of the molecule is CCC(C)(C)N1C[C@H]2N(C)CC23C[C@H]13. The fraction of sp³-hybridized carbons (Fsp3) is 1.00. The van der Waals surface area contributed by atoms with Crippen molar-refractivity contribution < 1.29 is 0 Å². The Morgan fingerprint density at radius 2 is 2.07 bits per heavy atom. The molecule has 1 saturated carbocycles. The number of rotatable bonds is 2. The largest absolute Gasteiger partial charge is 0.301 e. The molecule has 0 aromatic rings. The molecule has 0 aromatic carbocycles. The molecule has 14 heavy (non-hydrogen) atoms. The molecule has 3 aliphatic rings. The Balaban J connectivity index is 1.81. The number of hydrogen-bond acceptors (Lipinski definition) is 2. The highest BCUT2D eigenvalue weighted by Crippen LogP contribution is 2.65. The number of likely N-dealkylation sites (tertiary alicyclic amines) is 2. The second-order valence-electron chi connectivity index (χ2n) is 6.20. The first-order chi connectivity index (χ1) is 6.51. The molecule has 2 heterocycles. The van der Waals surface area contributed by atoms with Gasteiger partial charge in [0.05, 0.1) is 0 Å². The van der Waals surface area contributed by atoms with Crippen molar-refractivity contribution in [2.75, 3.05) is 20.1 Å². The van der Waals surface area contributed by atoms with Crippen molar-refractivity contribution in [2.45, 2.75) is 51.2 Å². The summed E-state index contributed by atoms with van der Waals surface area (Å²) in [4.78, 5) is 5.33. The van der Waals surface area contributed by atoms with Crippen LogP contribution in [0.3, 0.4) is 0 Å². The molecule has 2 nitrogen and oxygen atoms in total. The molecular formula is C12H22N2.